The molecular weight excluding hydrogens is 348 g/mol. The lowest BCUT2D eigenvalue weighted by Gasteiger charge is -2.45. The molecule has 4 rings (SSSR count). The fraction of sp³-hybridized carbons (Fsp3) is 0.500. The van der Waals surface area contributed by atoms with Crippen LogP contribution in [0.3, 0.4) is 0 Å². The van der Waals surface area contributed by atoms with E-state index in [0.29, 0.717) is 23.3 Å². The Morgan fingerprint density at radius 1 is 1.26 bits per heavy atom. The van der Waals surface area contributed by atoms with Gasteiger partial charge in [-0.3, -0.25) is 4.90 Å². The van der Waals surface area contributed by atoms with Gasteiger partial charge in [-0.05, 0) is 42.0 Å². The first-order chi connectivity index (χ1) is 11.1. The molecule has 1 saturated heterocycles. The van der Waals surface area contributed by atoms with Gasteiger partial charge < -0.3 is 0 Å². The third-order valence-electron chi connectivity index (χ3n) is 4.76. The van der Waals surface area contributed by atoms with Gasteiger partial charge in [-0.15, -0.1) is 22.7 Å². The van der Waals surface area contributed by atoms with Gasteiger partial charge in [0, 0.05) is 42.0 Å². The zero-order valence-electron chi connectivity index (χ0n) is 13.1. The van der Waals surface area contributed by atoms with Gasteiger partial charge in [0.05, 0.1) is 0 Å². The summed E-state index contributed by atoms with van der Waals surface area (Å²) in [5.41, 5.74) is 1.42. The van der Waals surface area contributed by atoms with E-state index in [1.165, 1.54) is 21.8 Å². The third-order valence-corrected chi connectivity index (χ3v) is 9.31. The molecule has 0 radical (unpaired) electrons. The van der Waals surface area contributed by atoms with Gasteiger partial charge in [-0.1, -0.05) is 6.92 Å². The second-order valence-electron chi connectivity index (χ2n) is 6.14. The number of rotatable bonds is 4. The van der Waals surface area contributed by atoms with Gasteiger partial charge >= 0.3 is 0 Å². The SMILES string of the molecule is CCc1ccc(S(=O)(=O)N2CC(N3CCc4sccc4C3)C2)s1. The predicted octanol–water partition coefficient (Wildman–Crippen LogP) is 2.80. The molecular formula is C16H20N2O2S3. The van der Waals surface area contributed by atoms with Crippen molar-refractivity contribution in [2.24, 2.45) is 0 Å². The highest BCUT2D eigenvalue weighted by molar-refractivity contribution is 7.91. The van der Waals surface area contributed by atoms with Crippen LogP contribution in [0, 0.1) is 0 Å². The van der Waals surface area contributed by atoms with Crippen LogP contribution in [0.2, 0.25) is 0 Å². The average molecular weight is 369 g/mol. The van der Waals surface area contributed by atoms with Crippen LogP contribution in [0.5, 0.6) is 0 Å². The van der Waals surface area contributed by atoms with Crippen LogP contribution in [-0.4, -0.2) is 43.3 Å². The van der Waals surface area contributed by atoms with Crippen LogP contribution < -0.4 is 0 Å². The Bertz CT molecular complexity index is 803. The summed E-state index contributed by atoms with van der Waals surface area (Å²) < 4.78 is 27.4. The molecule has 0 saturated carbocycles. The maximum atomic E-state index is 12.6. The number of hydrogen-bond donors (Lipinski definition) is 0. The lowest BCUT2D eigenvalue weighted by atomic mass is 10.0. The van der Waals surface area contributed by atoms with Gasteiger partial charge in [0.25, 0.3) is 10.0 Å². The normalized spacial score (nSPS) is 20.4. The van der Waals surface area contributed by atoms with Crippen molar-refractivity contribution in [1.29, 1.82) is 0 Å². The highest BCUT2D eigenvalue weighted by Gasteiger charge is 2.40. The summed E-state index contributed by atoms with van der Waals surface area (Å²) in [6.07, 6.45) is 1.99. The van der Waals surface area contributed by atoms with Crippen molar-refractivity contribution in [2.45, 2.75) is 36.6 Å². The smallest absolute Gasteiger partial charge is 0.252 e. The molecule has 0 spiro atoms. The largest absolute Gasteiger partial charge is 0.293 e. The van der Waals surface area contributed by atoms with E-state index in [2.05, 4.69) is 23.3 Å². The van der Waals surface area contributed by atoms with Gasteiger partial charge in [0.15, 0.2) is 0 Å². The Morgan fingerprint density at radius 2 is 2.09 bits per heavy atom. The molecule has 0 bridgehead atoms. The molecule has 2 aromatic rings. The van der Waals surface area contributed by atoms with Gasteiger partial charge in [0.2, 0.25) is 0 Å². The Balaban J connectivity index is 1.41. The minimum Gasteiger partial charge on any atom is -0.293 e. The summed E-state index contributed by atoms with van der Waals surface area (Å²) in [5, 5.41) is 2.16. The second kappa shape index (κ2) is 5.97. The number of nitrogens with zero attached hydrogens (tertiary/aromatic N) is 2. The first-order valence-electron chi connectivity index (χ1n) is 7.96. The van der Waals surface area contributed by atoms with Crippen molar-refractivity contribution in [3.8, 4) is 0 Å². The minimum absolute atomic E-state index is 0.364. The van der Waals surface area contributed by atoms with Crippen LogP contribution in [-0.2, 0) is 29.4 Å². The summed E-state index contributed by atoms with van der Waals surface area (Å²) in [4.78, 5) is 5.06. The average Bonchev–Trinajstić information content (AvgIpc) is 3.14. The second-order valence-corrected chi connectivity index (χ2v) is 10.5. The lowest BCUT2D eigenvalue weighted by Crippen LogP contribution is -2.61. The standard InChI is InChI=1S/C16H20N2O2S3/c1-2-14-3-4-16(22-14)23(19,20)18-10-13(11-18)17-7-5-15-12(9-17)6-8-21-15/h3-4,6,8,13H,2,5,7,9-11H2,1H3. The minimum atomic E-state index is -3.29. The summed E-state index contributed by atoms with van der Waals surface area (Å²) in [5.74, 6) is 0. The van der Waals surface area contributed by atoms with Gasteiger partial charge in [-0.2, -0.15) is 4.31 Å². The Kier molecular flexibility index (Phi) is 4.09. The van der Waals surface area contributed by atoms with Crippen LogP contribution in [0.4, 0.5) is 0 Å². The zero-order valence-corrected chi connectivity index (χ0v) is 15.5. The maximum Gasteiger partial charge on any atom is 0.252 e. The predicted molar refractivity (Wildman–Crippen MR) is 94.7 cm³/mol. The molecule has 23 heavy (non-hydrogen) atoms. The van der Waals surface area contributed by atoms with E-state index in [4.69, 9.17) is 0 Å². The Hall–Kier alpha value is -0.730. The monoisotopic (exact) mass is 368 g/mol. The van der Waals surface area contributed by atoms with E-state index in [1.807, 2.05) is 17.4 Å². The molecule has 2 aliphatic heterocycles. The number of fused-ring (bicyclic) bond motifs is 1. The quantitative estimate of drug-likeness (QED) is 0.833. The first kappa shape index (κ1) is 15.8. The molecule has 7 heteroatoms. The Morgan fingerprint density at radius 3 is 2.83 bits per heavy atom. The van der Waals surface area contributed by atoms with Crippen molar-refractivity contribution >= 4 is 32.7 Å². The fourth-order valence-electron chi connectivity index (χ4n) is 3.24. The molecule has 4 nitrogen and oxygen atoms in total. The van der Waals surface area contributed by atoms with E-state index < -0.39 is 10.0 Å². The molecule has 0 unspecified atom stereocenters. The number of aryl methyl sites for hydroxylation is 1. The topological polar surface area (TPSA) is 40.6 Å². The van der Waals surface area contributed by atoms with E-state index in [9.17, 15) is 8.42 Å². The van der Waals surface area contributed by atoms with Crippen LogP contribution in [0.25, 0.3) is 0 Å². The fourth-order valence-corrected chi connectivity index (χ4v) is 7.09. The summed E-state index contributed by atoms with van der Waals surface area (Å²) in [6, 6.07) is 6.25. The molecule has 4 heterocycles. The molecule has 0 amide bonds. The van der Waals surface area contributed by atoms with E-state index in [-0.39, 0.29) is 0 Å². The van der Waals surface area contributed by atoms with Crippen LogP contribution >= 0.6 is 22.7 Å². The van der Waals surface area contributed by atoms with E-state index in [1.54, 1.807) is 10.4 Å². The van der Waals surface area contributed by atoms with Crippen molar-refractivity contribution in [1.82, 2.24) is 9.21 Å². The molecule has 0 aliphatic carbocycles. The zero-order chi connectivity index (χ0) is 16.0. The summed E-state index contributed by atoms with van der Waals surface area (Å²) in [6.45, 7) is 5.32. The number of thiophene rings is 2. The van der Waals surface area contributed by atoms with Crippen LogP contribution in [0.15, 0.2) is 27.8 Å². The molecule has 1 fully saturated rings. The summed E-state index contributed by atoms with van der Waals surface area (Å²) in [7, 11) is -3.29. The van der Waals surface area contributed by atoms with Crippen molar-refractivity contribution in [3.05, 3.63) is 38.9 Å². The van der Waals surface area contributed by atoms with Gasteiger partial charge in [0.1, 0.15) is 4.21 Å². The molecule has 0 aromatic carbocycles. The van der Waals surface area contributed by atoms with Gasteiger partial charge in [-0.25, -0.2) is 8.42 Å². The highest BCUT2D eigenvalue weighted by atomic mass is 32.2. The number of hydrogen-bond acceptors (Lipinski definition) is 5. The van der Waals surface area contributed by atoms with E-state index >= 15 is 0 Å². The van der Waals surface area contributed by atoms with E-state index in [0.717, 1.165) is 30.8 Å². The molecule has 2 aromatic heterocycles. The first-order valence-corrected chi connectivity index (χ1v) is 11.1. The molecule has 124 valence electrons. The molecule has 0 N–H and O–H groups in total. The third kappa shape index (κ3) is 2.78. The molecule has 2 aliphatic rings. The Labute approximate surface area is 145 Å². The maximum absolute atomic E-state index is 12.6. The number of sulfonamides is 1. The molecule has 0 atom stereocenters. The van der Waals surface area contributed by atoms with Crippen molar-refractivity contribution in [2.75, 3.05) is 19.6 Å². The summed E-state index contributed by atoms with van der Waals surface area (Å²) >= 11 is 3.24. The highest BCUT2D eigenvalue weighted by Crippen LogP contribution is 2.32. The van der Waals surface area contributed by atoms with Crippen molar-refractivity contribution in [3.63, 3.8) is 0 Å². The van der Waals surface area contributed by atoms with Crippen molar-refractivity contribution < 1.29 is 8.42 Å². The lowest BCUT2D eigenvalue weighted by molar-refractivity contribution is 0.0776. The van der Waals surface area contributed by atoms with Crippen LogP contribution in [0.1, 0.15) is 22.2 Å².